The third kappa shape index (κ3) is 5.52. The summed E-state index contributed by atoms with van der Waals surface area (Å²) in [5.41, 5.74) is 1.35. The van der Waals surface area contributed by atoms with Crippen LogP contribution in [0.15, 0.2) is 24.3 Å². The molecule has 0 fully saturated rings. The van der Waals surface area contributed by atoms with Gasteiger partial charge >= 0.3 is 0 Å². The van der Waals surface area contributed by atoms with Gasteiger partial charge in [-0.25, -0.2) is 0 Å². The van der Waals surface area contributed by atoms with E-state index < -0.39 is 0 Å². The normalized spacial score (nSPS) is 12.4. The van der Waals surface area contributed by atoms with Crippen molar-refractivity contribution in [3.63, 3.8) is 0 Å². The molecule has 1 atom stereocenters. The first kappa shape index (κ1) is 15.0. The lowest BCUT2D eigenvalue weighted by atomic mass is 9.96. The third-order valence-electron chi connectivity index (χ3n) is 3.05. The molecule has 0 amide bonds. The van der Waals surface area contributed by atoms with Crippen molar-refractivity contribution >= 4 is 0 Å². The summed E-state index contributed by atoms with van der Waals surface area (Å²) in [6.45, 7) is 4.71. The predicted molar refractivity (Wildman–Crippen MR) is 75.2 cm³/mol. The highest BCUT2D eigenvalue weighted by Crippen LogP contribution is 2.16. The van der Waals surface area contributed by atoms with E-state index in [0.29, 0.717) is 5.92 Å². The van der Waals surface area contributed by atoms with Crippen molar-refractivity contribution in [3.8, 4) is 5.75 Å². The molecule has 0 aromatic heterocycles. The molecular formula is C15H25NO2. The number of hydrogen-bond acceptors (Lipinski definition) is 3. The van der Waals surface area contributed by atoms with Crippen molar-refractivity contribution in [2.24, 2.45) is 5.92 Å². The van der Waals surface area contributed by atoms with E-state index in [1.165, 1.54) is 5.56 Å². The molecule has 0 saturated carbocycles. The van der Waals surface area contributed by atoms with Gasteiger partial charge in [0.05, 0.1) is 7.11 Å². The van der Waals surface area contributed by atoms with Crippen LogP contribution < -0.4 is 10.1 Å². The van der Waals surface area contributed by atoms with Crippen molar-refractivity contribution in [2.45, 2.75) is 19.8 Å². The largest absolute Gasteiger partial charge is 0.497 e. The van der Waals surface area contributed by atoms with Crippen molar-refractivity contribution in [1.82, 2.24) is 5.32 Å². The summed E-state index contributed by atoms with van der Waals surface area (Å²) >= 11 is 0. The van der Waals surface area contributed by atoms with Crippen LogP contribution in [-0.4, -0.2) is 33.9 Å². The maximum Gasteiger partial charge on any atom is 0.118 e. The standard InChI is InChI=1S/C15H25NO2/c1-4-18-10-9-14(12-16-2)11-13-5-7-15(17-3)8-6-13/h5-8,14,16H,4,9-12H2,1-3H3. The maximum atomic E-state index is 5.44. The quantitative estimate of drug-likeness (QED) is 0.684. The van der Waals surface area contributed by atoms with Gasteiger partial charge in [-0.3, -0.25) is 0 Å². The fourth-order valence-corrected chi connectivity index (χ4v) is 2.05. The third-order valence-corrected chi connectivity index (χ3v) is 3.05. The number of nitrogens with one attached hydrogen (secondary N) is 1. The summed E-state index contributed by atoms with van der Waals surface area (Å²) in [4.78, 5) is 0. The SMILES string of the molecule is CCOCCC(CNC)Cc1ccc(OC)cc1. The Bertz CT molecular complexity index is 311. The zero-order chi connectivity index (χ0) is 13.2. The molecule has 0 radical (unpaired) electrons. The molecule has 0 heterocycles. The summed E-state index contributed by atoms with van der Waals surface area (Å²) in [7, 11) is 3.70. The lowest BCUT2D eigenvalue weighted by molar-refractivity contribution is 0.132. The fraction of sp³-hybridized carbons (Fsp3) is 0.600. The molecule has 0 bridgehead atoms. The Hall–Kier alpha value is -1.06. The summed E-state index contributed by atoms with van der Waals surface area (Å²) in [6.07, 6.45) is 2.18. The second-order valence-electron chi connectivity index (χ2n) is 4.46. The first-order valence-corrected chi connectivity index (χ1v) is 6.65. The molecular weight excluding hydrogens is 226 g/mol. The van der Waals surface area contributed by atoms with Crippen LogP contribution in [0, 0.1) is 5.92 Å². The van der Waals surface area contributed by atoms with Crippen molar-refractivity contribution in [2.75, 3.05) is 33.9 Å². The average molecular weight is 251 g/mol. The molecule has 0 aliphatic carbocycles. The topological polar surface area (TPSA) is 30.5 Å². The number of hydrogen-bond donors (Lipinski definition) is 1. The molecule has 0 aliphatic rings. The van der Waals surface area contributed by atoms with Gasteiger partial charge in [0.25, 0.3) is 0 Å². The first-order valence-electron chi connectivity index (χ1n) is 6.65. The van der Waals surface area contributed by atoms with E-state index in [2.05, 4.69) is 17.4 Å². The van der Waals surface area contributed by atoms with Crippen LogP contribution >= 0.6 is 0 Å². The van der Waals surface area contributed by atoms with Crippen molar-refractivity contribution in [3.05, 3.63) is 29.8 Å². The Balaban J connectivity index is 2.47. The van der Waals surface area contributed by atoms with Gasteiger partial charge in [0, 0.05) is 13.2 Å². The molecule has 102 valence electrons. The van der Waals surface area contributed by atoms with Gasteiger partial charge in [-0.05, 0) is 57.0 Å². The maximum absolute atomic E-state index is 5.44. The molecule has 1 aromatic carbocycles. The molecule has 3 heteroatoms. The Morgan fingerprint density at radius 1 is 1.22 bits per heavy atom. The summed E-state index contributed by atoms with van der Waals surface area (Å²) < 4.78 is 10.6. The lowest BCUT2D eigenvalue weighted by Gasteiger charge is -2.16. The molecule has 0 saturated heterocycles. The highest BCUT2D eigenvalue weighted by molar-refractivity contribution is 5.27. The summed E-state index contributed by atoms with van der Waals surface area (Å²) in [5.74, 6) is 1.54. The van der Waals surface area contributed by atoms with Crippen molar-refractivity contribution in [1.29, 1.82) is 0 Å². The molecule has 0 spiro atoms. The van der Waals surface area contributed by atoms with E-state index in [-0.39, 0.29) is 0 Å². The number of rotatable bonds is 9. The van der Waals surface area contributed by atoms with Gasteiger partial charge in [-0.2, -0.15) is 0 Å². The minimum absolute atomic E-state index is 0.620. The molecule has 18 heavy (non-hydrogen) atoms. The summed E-state index contributed by atoms with van der Waals surface area (Å²) in [5, 5.41) is 3.26. The van der Waals surface area contributed by atoms with Crippen LogP contribution in [0.2, 0.25) is 0 Å². The molecule has 1 N–H and O–H groups in total. The highest BCUT2D eigenvalue weighted by Gasteiger charge is 2.09. The van der Waals surface area contributed by atoms with Crippen LogP contribution in [0.3, 0.4) is 0 Å². The molecule has 1 unspecified atom stereocenters. The molecule has 3 nitrogen and oxygen atoms in total. The second-order valence-corrected chi connectivity index (χ2v) is 4.46. The van der Waals surface area contributed by atoms with Gasteiger partial charge in [-0.1, -0.05) is 12.1 Å². The molecule has 1 rings (SSSR count). The van der Waals surface area contributed by atoms with Crippen LogP contribution in [0.5, 0.6) is 5.75 Å². The Kier molecular flexibility index (Phi) is 7.46. The second kappa shape index (κ2) is 8.95. The Labute approximate surface area is 110 Å². The Morgan fingerprint density at radius 2 is 1.94 bits per heavy atom. The first-order chi connectivity index (χ1) is 8.80. The zero-order valence-electron chi connectivity index (χ0n) is 11.7. The van der Waals surface area contributed by atoms with E-state index >= 15 is 0 Å². The molecule has 0 aliphatic heterocycles. The Morgan fingerprint density at radius 3 is 2.50 bits per heavy atom. The van der Waals surface area contributed by atoms with E-state index in [0.717, 1.165) is 38.3 Å². The molecule has 1 aromatic rings. The van der Waals surface area contributed by atoms with Crippen LogP contribution in [-0.2, 0) is 11.2 Å². The minimum Gasteiger partial charge on any atom is -0.497 e. The predicted octanol–water partition coefficient (Wildman–Crippen LogP) is 2.50. The summed E-state index contributed by atoms with van der Waals surface area (Å²) in [6, 6.07) is 8.33. The van der Waals surface area contributed by atoms with Crippen molar-refractivity contribution < 1.29 is 9.47 Å². The zero-order valence-corrected chi connectivity index (χ0v) is 11.7. The lowest BCUT2D eigenvalue weighted by Crippen LogP contribution is -2.22. The minimum atomic E-state index is 0.620. The van der Waals surface area contributed by atoms with Crippen LogP contribution in [0.4, 0.5) is 0 Å². The number of benzene rings is 1. The number of methoxy groups -OCH3 is 1. The van der Waals surface area contributed by atoms with Gasteiger partial charge in [0.15, 0.2) is 0 Å². The smallest absolute Gasteiger partial charge is 0.118 e. The van der Waals surface area contributed by atoms with E-state index in [1.807, 2.05) is 26.1 Å². The van der Waals surface area contributed by atoms with Gasteiger partial charge in [-0.15, -0.1) is 0 Å². The van der Waals surface area contributed by atoms with E-state index in [9.17, 15) is 0 Å². The highest BCUT2D eigenvalue weighted by atomic mass is 16.5. The van der Waals surface area contributed by atoms with Crippen LogP contribution in [0.1, 0.15) is 18.9 Å². The monoisotopic (exact) mass is 251 g/mol. The van der Waals surface area contributed by atoms with Gasteiger partial charge < -0.3 is 14.8 Å². The average Bonchev–Trinajstić information content (AvgIpc) is 2.40. The van der Waals surface area contributed by atoms with E-state index in [4.69, 9.17) is 9.47 Å². The van der Waals surface area contributed by atoms with Gasteiger partial charge in [0.1, 0.15) is 5.75 Å². The van der Waals surface area contributed by atoms with E-state index in [1.54, 1.807) is 7.11 Å². The van der Waals surface area contributed by atoms with Gasteiger partial charge in [0.2, 0.25) is 0 Å². The van der Waals surface area contributed by atoms with Crippen LogP contribution in [0.25, 0.3) is 0 Å². The number of ether oxygens (including phenoxy) is 2. The fourth-order valence-electron chi connectivity index (χ4n) is 2.05.